The van der Waals surface area contributed by atoms with Crippen LogP contribution < -0.4 is 38.1 Å². The molecule has 0 heterocycles. The van der Waals surface area contributed by atoms with Gasteiger partial charge in [-0.1, -0.05) is 46.8 Å². The summed E-state index contributed by atoms with van der Waals surface area (Å²) in [6, 6.07) is -4.59. The largest absolute Gasteiger partial charge is 0.391 e. The molecule has 322 valence electrons. The molecule has 0 aliphatic carbocycles. The zero-order valence-electron chi connectivity index (χ0n) is 35.6. The van der Waals surface area contributed by atoms with Gasteiger partial charge < -0.3 is 48.3 Å². The lowest BCUT2D eigenvalue weighted by Crippen LogP contribution is -2.62. The zero-order chi connectivity index (χ0) is 43.6. The number of amides is 5. The second-order valence-corrected chi connectivity index (χ2v) is 16.3. The maximum Gasteiger partial charge on any atom is 0.243 e. The lowest BCUT2D eigenvalue weighted by Gasteiger charge is -2.34. The van der Waals surface area contributed by atoms with Gasteiger partial charge in [-0.2, -0.15) is 0 Å². The monoisotopic (exact) mass is 796 g/mol. The molecule has 11 N–H and O–H groups in total. The van der Waals surface area contributed by atoms with Crippen molar-refractivity contribution in [2.75, 3.05) is 0 Å². The maximum atomic E-state index is 13.7. The van der Waals surface area contributed by atoms with E-state index in [1.807, 2.05) is 26.0 Å². The molecule has 0 aromatic heterocycles. The number of aliphatic hydroxyl groups excluding tert-OH is 2. The topological polar surface area (TPSA) is 272 Å². The van der Waals surface area contributed by atoms with Gasteiger partial charge in [-0.05, 0) is 92.4 Å². The average molecular weight is 796 g/mol. The third-order valence-corrected chi connectivity index (χ3v) is 9.68. The number of carbonyl (C=O) groups excluding carboxylic acids is 7. The third kappa shape index (κ3) is 18.0. The number of primary amides is 1. The van der Waals surface area contributed by atoms with Crippen LogP contribution in [-0.4, -0.2) is 105 Å². The fourth-order valence-electron chi connectivity index (χ4n) is 6.33. The summed E-state index contributed by atoms with van der Waals surface area (Å²) in [7, 11) is 0. The van der Waals surface area contributed by atoms with Crippen LogP contribution in [0, 0.1) is 11.8 Å². The predicted molar refractivity (Wildman–Crippen MR) is 216 cm³/mol. The molecule has 0 aliphatic heterocycles. The summed E-state index contributed by atoms with van der Waals surface area (Å²) in [5.41, 5.74) is 8.71. The van der Waals surface area contributed by atoms with Crippen molar-refractivity contribution in [3.05, 3.63) is 12.2 Å². The number of Topliss-reactive ketones (excluding diaryl/α,β-unsaturated/α-hetero) is 2. The SMILES string of the molecule is CCC(=O)[C@@H](NC(=O)[C@@H](NC(=O)[C@](C)(CCC/C=C/CCC[C@](C)(NC(=O)[C@H](CCC(N)=O)NC(=O)[C@H](N)[C@@H](C)O)C(=O)C(C)C)NC(C)C)C(C)C)[C@@H](C)O. The molecule has 0 saturated carbocycles. The quantitative estimate of drug-likeness (QED) is 0.0401. The van der Waals surface area contributed by atoms with Crippen LogP contribution in [-0.2, 0) is 33.6 Å². The normalized spacial score (nSPS) is 17.2. The minimum atomic E-state index is -1.31. The van der Waals surface area contributed by atoms with E-state index in [1.165, 1.54) is 13.8 Å². The van der Waals surface area contributed by atoms with Gasteiger partial charge in [0.15, 0.2) is 11.6 Å². The van der Waals surface area contributed by atoms with E-state index in [-0.39, 0.29) is 55.1 Å². The fourth-order valence-corrected chi connectivity index (χ4v) is 6.33. The van der Waals surface area contributed by atoms with Crippen molar-refractivity contribution < 1.29 is 43.8 Å². The molecule has 56 heavy (non-hydrogen) atoms. The van der Waals surface area contributed by atoms with Crippen LogP contribution in [0.15, 0.2) is 12.2 Å². The van der Waals surface area contributed by atoms with Crippen LogP contribution in [0.3, 0.4) is 0 Å². The van der Waals surface area contributed by atoms with Gasteiger partial charge in [0.2, 0.25) is 29.5 Å². The third-order valence-electron chi connectivity index (χ3n) is 9.68. The number of nitrogens with one attached hydrogen (secondary N) is 5. The summed E-state index contributed by atoms with van der Waals surface area (Å²) in [5, 5.41) is 33.9. The van der Waals surface area contributed by atoms with Crippen molar-refractivity contribution in [2.45, 2.75) is 187 Å². The first-order valence-electron chi connectivity index (χ1n) is 20.0. The number of nitrogens with two attached hydrogens (primary N) is 2. The molecule has 0 rings (SSSR count). The number of carbonyl (C=O) groups is 7. The predicted octanol–water partition coefficient (Wildman–Crippen LogP) is 1.18. The number of aliphatic hydroxyl groups is 2. The Hall–Kier alpha value is -3.73. The molecule has 0 saturated heterocycles. The number of unbranched alkanes of at least 4 members (excludes halogenated alkanes) is 2. The average Bonchev–Trinajstić information content (AvgIpc) is 3.09. The number of hydrogen-bond acceptors (Lipinski definition) is 11. The Kier molecular flexibility index (Phi) is 23.2. The number of hydrogen-bond donors (Lipinski definition) is 9. The van der Waals surface area contributed by atoms with Crippen LogP contribution in [0.1, 0.15) is 134 Å². The van der Waals surface area contributed by atoms with Crippen molar-refractivity contribution >= 4 is 41.1 Å². The molecule has 8 atom stereocenters. The summed E-state index contributed by atoms with van der Waals surface area (Å²) < 4.78 is 0. The van der Waals surface area contributed by atoms with E-state index in [4.69, 9.17) is 11.5 Å². The summed E-state index contributed by atoms with van der Waals surface area (Å²) in [5.74, 6) is -4.29. The van der Waals surface area contributed by atoms with Crippen molar-refractivity contribution in [1.82, 2.24) is 26.6 Å². The summed E-state index contributed by atoms with van der Waals surface area (Å²) >= 11 is 0. The van der Waals surface area contributed by atoms with E-state index in [0.29, 0.717) is 32.1 Å². The fraction of sp³-hybridized carbons (Fsp3) is 0.775. The van der Waals surface area contributed by atoms with E-state index >= 15 is 0 Å². The van der Waals surface area contributed by atoms with Crippen molar-refractivity contribution in [3.8, 4) is 0 Å². The second kappa shape index (κ2) is 24.8. The smallest absolute Gasteiger partial charge is 0.243 e. The zero-order valence-corrected chi connectivity index (χ0v) is 35.6. The summed E-state index contributed by atoms with van der Waals surface area (Å²) in [4.78, 5) is 90.1. The Balaban J connectivity index is 5.63. The van der Waals surface area contributed by atoms with E-state index in [1.54, 1.807) is 48.5 Å². The molecule has 5 amide bonds. The first-order valence-corrected chi connectivity index (χ1v) is 20.0. The maximum absolute atomic E-state index is 13.7. The Morgan fingerprint density at radius 3 is 1.68 bits per heavy atom. The lowest BCUT2D eigenvalue weighted by atomic mass is 9.84. The molecule has 0 bridgehead atoms. The summed E-state index contributed by atoms with van der Waals surface area (Å²) in [6.07, 6.45) is 4.61. The molecule has 0 aromatic rings. The number of rotatable bonds is 28. The van der Waals surface area contributed by atoms with Gasteiger partial charge in [0.1, 0.15) is 24.2 Å². The van der Waals surface area contributed by atoms with Gasteiger partial charge in [-0.25, -0.2) is 0 Å². The minimum Gasteiger partial charge on any atom is -0.391 e. The van der Waals surface area contributed by atoms with E-state index in [2.05, 4.69) is 26.6 Å². The van der Waals surface area contributed by atoms with Crippen molar-refractivity contribution in [3.63, 3.8) is 0 Å². The highest BCUT2D eigenvalue weighted by Crippen LogP contribution is 2.22. The molecule has 0 fully saturated rings. The molecule has 16 heteroatoms. The molecule has 0 aromatic carbocycles. The number of allylic oxidation sites excluding steroid dienone is 2. The van der Waals surface area contributed by atoms with Gasteiger partial charge >= 0.3 is 0 Å². The molecule has 0 unspecified atom stereocenters. The Morgan fingerprint density at radius 1 is 0.714 bits per heavy atom. The minimum absolute atomic E-state index is 0.0470. The molecular formula is C40H73N7O9. The Bertz CT molecular complexity index is 1350. The first-order chi connectivity index (χ1) is 25.8. The highest BCUT2D eigenvalue weighted by molar-refractivity contribution is 5.97. The molecular weight excluding hydrogens is 722 g/mol. The van der Waals surface area contributed by atoms with E-state index < -0.39 is 77.0 Å². The molecule has 16 nitrogen and oxygen atoms in total. The van der Waals surface area contributed by atoms with Crippen LogP contribution in [0.4, 0.5) is 0 Å². The van der Waals surface area contributed by atoms with Crippen LogP contribution in [0.2, 0.25) is 0 Å². The van der Waals surface area contributed by atoms with Crippen LogP contribution >= 0.6 is 0 Å². The summed E-state index contributed by atoms with van der Waals surface area (Å²) in [6.45, 7) is 18.7. The Labute approximate surface area is 333 Å². The highest BCUT2D eigenvalue weighted by Gasteiger charge is 2.39. The van der Waals surface area contributed by atoms with Crippen molar-refractivity contribution in [1.29, 1.82) is 0 Å². The molecule has 0 spiro atoms. The molecule has 0 aliphatic rings. The van der Waals surface area contributed by atoms with Crippen LogP contribution in [0.5, 0.6) is 0 Å². The van der Waals surface area contributed by atoms with Gasteiger partial charge in [-0.3, -0.25) is 33.6 Å². The first kappa shape index (κ1) is 52.3. The van der Waals surface area contributed by atoms with Gasteiger partial charge in [0.25, 0.3) is 0 Å². The van der Waals surface area contributed by atoms with Crippen LogP contribution in [0.25, 0.3) is 0 Å². The van der Waals surface area contributed by atoms with Crippen molar-refractivity contribution in [2.24, 2.45) is 23.3 Å². The standard InChI is InChI=1S/C40H73N7O9/c1-12-29(50)33(27(9)49)44-37(55)32(23(2)3)45-38(56)40(11,46-25(6)7)22-18-16-14-13-15-17-21-39(10,34(52)24(4)5)47-35(53)28(19-20-30(41)51)43-36(54)31(42)26(8)48/h13-14,23-28,31-33,46,48-49H,12,15-22,42H2,1-11H3,(H2,41,51)(H,43,54)(H,44,55)(H,45,56)(H,47,53)/b14-13+/t26-,27-,28+,31-,32+,33+,39+,40+/m1/s1. The van der Waals surface area contributed by atoms with E-state index in [0.717, 1.165) is 0 Å². The highest BCUT2D eigenvalue weighted by atomic mass is 16.3. The Morgan fingerprint density at radius 2 is 1.25 bits per heavy atom. The number of ketones is 2. The van der Waals surface area contributed by atoms with Gasteiger partial charge in [0, 0.05) is 24.8 Å². The van der Waals surface area contributed by atoms with E-state index in [9.17, 15) is 43.8 Å². The van der Waals surface area contributed by atoms with Gasteiger partial charge in [-0.15, -0.1) is 0 Å². The molecule has 0 radical (unpaired) electrons. The lowest BCUT2D eigenvalue weighted by molar-refractivity contribution is -0.136. The van der Waals surface area contributed by atoms with Gasteiger partial charge in [0.05, 0.1) is 23.3 Å². The second-order valence-electron chi connectivity index (χ2n) is 16.3.